The van der Waals surface area contributed by atoms with Crippen LogP contribution in [0.1, 0.15) is 0 Å². The Morgan fingerprint density at radius 2 is 2.23 bits per heavy atom. The summed E-state index contributed by atoms with van der Waals surface area (Å²) in [5.41, 5.74) is -0.0325. The van der Waals surface area contributed by atoms with E-state index >= 15 is 0 Å². The first-order chi connectivity index (χ1) is 6.16. The number of rotatable bonds is 0. The summed E-state index contributed by atoms with van der Waals surface area (Å²) in [4.78, 5) is 16.7. The summed E-state index contributed by atoms with van der Waals surface area (Å²) in [6.45, 7) is 0. The molecule has 1 heterocycles. The highest BCUT2D eigenvalue weighted by Crippen LogP contribution is 2.20. The minimum absolute atomic E-state index is 0.355. The lowest BCUT2D eigenvalue weighted by Gasteiger charge is -1.98. The maximum absolute atomic E-state index is 13.0. The molecule has 0 aliphatic heterocycles. The van der Waals surface area contributed by atoms with Gasteiger partial charge in [-0.15, -0.1) is 0 Å². The molecule has 0 fully saturated rings. The number of halogens is 2. The number of nitrogens with zero attached hydrogens (tertiary/aromatic N) is 1. The van der Waals surface area contributed by atoms with E-state index in [9.17, 15) is 9.18 Å². The second-order valence-corrected chi connectivity index (χ2v) is 3.40. The van der Waals surface area contributed by atoms with Crippen molar-refractivity contribution >= 4 is 26.8 Å². The van der Waals surface area contributed by atoms with Crippen LogP contribution in [0, 0.1) is 5.82 Å². The molecule has 0 aliphatic rings. The van der Waals surface area contributed by atoms with E-state index in [1.165, 1.54) is 12.3 Å². The van der Waals surface area contributed by atoms with E-state index in [1.807, 2.05) is 0 Å². The minimum Gasteiger partial charge on any atom is -0.305 e. The minimum atomic E-state index is -0.478. The van der Waals surface area contributed by atoms with E-state index in [2.05, 4.69) is 25.9 Å². The van der Waals surface area contributed by atoms with E-state index in [0.29, 0.717) is 15.4 Å². The Morgan fingerprint density at radius 1 is 1.46 bits per heavy atom. The highest BCUT2D eigenvalue weighted by atomic mass is 79.9. The lowest BCUT2D eigenvalue weighted by molar-refractivity contribution is 0.622. The van der Waals surface area contributed by atoms with Gasteiger partial charge in [0.05, 0.1) is 9.99 Å². The molecule has 0 spiro atoms. The molecule has 2 aromatic rings. The number of aromatic amines is 1. The van der Waals surface area contributed by atoms with Crippen LogP contribution in [0.5, 0.6) is 0 Å². The second kappa shape index (κ2) is 2.92. The summed E-state index contributed by atoms with van der Waals surface area (Å²) in [5, 5.41) is 0.688. The zero-order valence-electron chi connectivity index (χ0n) is 6.34. The van der Waals surface area contributed by atoms with Gasteiger partial charge in [0.1, 0.15) is 5.82 Å². The summed E-state index contributed by atoms with van der Waals surface area (Å²) in [7, 11) is 0. The average molecular weight is 243 g/mol. The molecule has 5 heteroatoms. The first-order valence-corrected chi connectivity index (χ1v) is 4.30. The standard InChI is InChI=1S/C8H4BrFN2O/c9-5-1-4-3-11-8(13)12-7(4)2-6(5)10/h1-3H,(H,11,12,13). The first kappa shape index (κ1) is 8.37. The van der Waals surface area contributed by atoms with Crippen LogP contribution < -0.4 is 5.69 Å². The van der Waals surface area contributed by atoms with E-state index < -0.39 is 11.5 Å². The number of benzene rings is 1. The van der Waals surface area contributed by atoms with Gasteiger partial charge in [-0.3, -0.25) is 0 Å². The van der Waals surface area contributed by atoms with Crippen LogP contribution in [-0.4, -0.2) is 9.97 Å². The molecule has 13 heavy (non-hydrogen) atoms. The van der Waals surface area contributed by atoms with Gasteiger partial charge in [0.25, 0.3) is 0 Å². The monoisotopic (exact) mass is 242 g/mol. The summed E-state index contributed by atoms with van der Waals surface area (Å²) < 4.78 is 13.3. The topological polar surface area (TPSA) is 45.8 Å². The van der Waals surface area contributed by atoms with Crippen LogP contribution in [0.4, 0.5) is 4.39 Å². The number of hydrogen-bond donors (Lipinski definition) is 1. The fourth-order valence-corrected chi connectivity index (χ4v) is 1.41. The van der Waals surface area contributed by atoms with Gasteiger partial charge in [-0.1, -0.05) is 0 Å². The summed E-state index contributed by atoms with van der Waals surface area (Å²) in [6, 6.07) is 2.82. The highest BCUT2D eigenvalue weighted by Gasteiger charge is 2.02. The molecule has 0 radical (unpaired) electrons. The molecule has 0 saturated heterocycles. The molecule has 0 atom stereocenters. The maximum Gasteiger partial charge on any atom is 0.345 e. The molecule has 66 valence electrons. The van der Waals surface area contributed by atoms with Gasteiger partial charge in [0.15, 0.2) is 0 Å². The van der Waals surface area contributed by atoms with Crippen molar-refractivity contribution in [3.63, 3.8) is 0 Å². The van der Waals surface area contributed by atoms with Crippen molar-refractivity contribution in [2.24, 2.45) is 0 Å². The molecule has 0 aliphatic carbocycles. The molecule has 0 bridgehead atoms. The van der Waals surface area contributed by atoms with Crippen molar-refractivity contribution in [2.75, 3.05) is 0 Å². The third-order valence-corrected chi connectivity index (χ3v) is 2.26. The number of aromatic nitrogens is 2. The third kappa shape index (κ3) is 1.47. The normalized spacial score (nSPS) is 10.6. The van der Waals surface area contributed by atoms with E-state index in [-0.39, 0.29) is 0 Å². The van der Waals surface area contributed by atoms with Crippen LogP contribution in [-0.2, 0) is 0 Å². The Morgan fingerprint density at radius 3 is 3.00 bits per heavy atom. The van der Waals surface area contributed by atoms with Crippen LogP contribution in [0.25, 0.3) is 10.9 Å². The number of hydrogen-bond acceptors (Lipinski definition) is 2. The van der Waals surface area contributed by atoms with E-state index in [0.717, 1.165) is 0 Å². The summed E-state index contributed by atoms with van der Waals surface area (Å²) >= 11 is 3.04. The lowest BCUT2D eigenvalue weighted by Crippen LogP contribution is -2.08. The van der Waals surface area contributed by atoms with Gasteiger partial charge in [0.2, 0.25) is 0 Å². The van der Waals surface area contributed by atoms with Gasteiger partial charge < -0.3 is 4.98 Å². The van der Waals surface area contributed by atoms with Crippen LogP contribution >= 0.6 is 15.9 Å². The lowest BCUT2D eigenvalue weighted by atomic mass is 10.2. The molecule has 1 N–H and O–H groups in total. The van der Waals surface area contributed by atoms with Crippen LogP contribution in [0.2, 0.25) is 0 Å². The van der Waals surface area contributed by atoms with E-state index in [4.69, 9.17) is 0 Å². The van der Waals surface area contributed by atoms with Crippen molar-refractivity contribution in [1.29, 1.82) is 0 Å². The fraction of sp³-hybridized carbons (Fsp3) is 0. The smallest absolute Gasteiger partial charge is 0.305 e. The van der Waals surface area contributed by atoms with Gasteiger partial charge in [0, 0.05) is 11.6 Å². The largest absolute Gasteiger partial charge is 0.345 e. The highest BCUT2D eigenvalue weighted by molar-refractivity contribution is 9.10. The molecule has 1 aromatic heterocycles. The van der Waals surface area contributed by atoms with Crippen molar-refractivity contribution in [1.82, 2.24) is 9.97 Å². The fourth-order valence-electron chi connectivity index (χ4n) is 1.05. The number of fused-ring (bicyclic) bond motifs is 1. The molecular formula is C8H4BrFN2O. The Bertz CT molecular complexity index is 523. The average Bonchev–Trinajstić information content (AvgIpc) is 2.08. The molecular weight excluding hydrogens is 239 g/mol. The first-order valence-electron chi connectivity index (χ1n) is 3.51. The predicted molar refractivity (Wildman–Crippen MR) is 50.0 cm³/mol. The van der Waals surface area contributed by atoms with Crippen LogP contribution in [0.15, 0.2) is 27.6 Å². The SMILES string of the molecule is O=c1ncc2cc(Br)c(F)cc2[nH]1. The van der Waals surface area contributed by atoms with Crippen molar-refractivity contribution < 1.29 is 4.39 Å². The molecule has 0 saturated carbocycles. The van der Waals surface area contributed by atoms with Crippen LogP contribution in [0.3, 0.4) is 0 Å². The zero-order chi connectivity index (χ0) is 9.42. The summed E-state index contributed by atoms with van der Waals surface area (Å²) in [6.07, 6.45) is 1.40. The zero-order valence-corrected chi connectivity index (χ0v) is 7.93. The van der Waals surface area contributed by atoms with Gasteiger partial charge in [-0.05, 0) is 28.1 Å². The second-order valence-electron chi connectivity index (χ2n) is 2.54. The summed E-state index contributed by atoms with van der Waals surface area (Å²) in [5.74, 6) is -0.408. The van der Waals surface area contributed by atoms with Crippen molar-refractivity contribution in [2.45, 2.75) is 0 Å². The molecule has 0 amide bonds. The Labute approximate surface area is 80.7 Å². The van der Waals surface area contributed by atoms with Crippen molar-refractivity contribution in [3.8, 4) is 0 Å². The van der Waals surface area contributed by atoms with Gasteiger partial charge >= 0.3 is 5.69 Å². The van der Waals surface area contributed by atoms with Crippen molar-refractivity contribution in [3.05, 3.63) is 39.1 Å². The predicted octanol–water partition coefficient (Wildman–Crippen LogP) is 1.82. The number of H-pyrrole nitrogens is 1. The quantitative estimate of drug-likeness (QED) is 0.767. The molecule has 2 rings (SSSR count). The Balaban J connectivity index is 2.89. The van der Waals surface area contributed by atoms with Gasteiger partial charge in [-0.2, -0.15) is 0 Å². The Kier molecular flexibility index (Phi) is 1.88. The Hall–Kier alpha value is -1.23. The third-order valence-electron chi connectivity index (χ3n) is 1.65. The number of nitrogens with one attached hydrogen (secondary N) is 1. The molecule has 3 nitrogen and oxygen atoms in total. The van der Waals surface area contributed by atoms with Gasteiger partial charge in [-0.25, -0.2) is 14.2 Å². The van der Waals surface area contributed by atoms with E-state index in [1.54, 1.807) is 6.07 Å². The maximum atomic E-state index is 13.0. The molecule has 1 aromatic carbocycles. The molecule has 0 unspecified atom stereocenters.